The highest BCUT2D eigenvalue weighted by molar-refractivity contribution is 7.99. The van der Waals surface area contributed by atoms with E-state index in [0.717, 1.165) is 0 Å². The maximum Gasteiger partial charge on any atom is 0.402 e. The molecule has 2 rings (SSSR count). The molecular weight excluding hydrogens is 279 g/mol. The fourth-order valence-electron chi connectivity index (χ4n) is 1.53. The van der Waals surface area contributed by atoms with Crippen LogP contribution in [0.2, 0.25) is 0 Å². The molecule has 8 heteroatoms. The summed E-state index contributed by atoms with van der Waals surface area (Å²) in [4.78, 5) is 6.91. The third-order valence-electron chi connectivity index (χ3n) is 2.50. The lowest BCUT2D eigenvalue weighted by molar-refractivity contribution is -0.126. The Hall–Kier alpha value is -1.41. The number of rotatable bonds is 4. The van der Waals surface area contributed by atoms with Gasteiger partial charge in [0.25, 0.3) is 0 Å². The minimum Gasteiger partial charge on any atom is -0.497 e. The van der Waals surface area contributed by atoms with Crippen LogP contribution in [0.1, 0.15) is 0 Å². The van der Waals surface area contributed by atoms with E-state index in [2.05, 4.69) is 9.97 Å². The Labute approximate surface area is 111 Å². The Morgan fingerprint density at radius 3 is 2.79 bits per heavy atom. The van der Waals surface area contributed by atoms with Crippen molar-refractivity contribution in [3.8, 4) is 5.75 Å². The van der Waals surface area contributed by atoms with Crippen LogP contribution in [0, 0.1) is 0 Å². The van der Waals surface area contributed by atoms with Gasteiger partial charge in [-0.2, -0.15) is 13.2 Å². The molecule has 0 saturated heterocycles. The number of aromatic amines is 1. The zero-order valence-electron chi connectivity index (χ0n) is 9.99. The average Bonchev–Trinajstić information content (AvgIpc) is 2.75. The maximum absolute atomic E-state index is 12.6. The molecule has 0 fully saturated rings. The van der Waals surface area contributed by atoms with Crippen molar-refractivity contribution in [1.82, 2.24) is 9.97 Å². The van der Waals surface area contributed by atoms with E-state index in [1.54, 1.807) is 18.2 Å². The molecule has 0 aliphatic rings. The van der Waals surface area contributed by atoms with Gasteiger partial charge in [-0.05, 0) is 12.1 Å². The number of aromatic nitrogens is 2. The molecule has 0 aliphatic carbocycles. The molecule has 104 valence electrons. The van der Waals surface area contributed by atoms with E-state index < -0.39 is 18.0 Å². The van der Waals surface area contributed by atoms with Crippen molar-refractivity contribution >= 4 is 22.8 Å². The molecular formula is C11H12F3N3OS. The molecule has 0 spiro atoms. The number of benzene rings is 1. The van der Waals surface area contributed by atoms with Crippen molar-refractivity contribution in [3.05, 3.63) is 18.2 Å². The summed E-state index contributed by atoms with van der Waals surface area (Å²) in [5, 5.41) is -1.48. The van der Waals surface area contributed by atoms with Crippen LogP contribution in [-0.2, 0) is 0 Å². The molecule has 2 aromatic rings. The number of thioether (sulfide) groups is 1. The normalized spacial score (nSPS) is 13.7. The minimum atomic E-state index is -4.35. The van der Waals surface area contributed by atoms with Crippen molar-refractivity contribution in [2.24, 2.45) is 5.73 Å². The van der Waals surface area contributed by atoms with Gasteiger partial charge in [-0.3, -0.25) is 0 Å². The van der Waals surface area contributed by atoms with E-state index in [4.69, 9.17) is 10.5 Å². The van der Waals surface area contributed by atoms with Crippen molar-refractivity contribution in [1.29, 1.82) is 0 Å². The monoisotopic (exact) mass is 291 g/mol. The molecule has 3 N–H and O–H groups in total. The number of H-pyrrole nitrogens is 1. The van der Waals surface area contributed by atoms with Gasteiger partial charge in [-0.25, -0.2) is 4.98 Å². The Morgan fingerprint density at radius 1 is 1.47 bits per heavy atom. The van der Waals surface area contributed by atoms with E-state index >= 15 is 0 Å². The highest BCUT2D eigenvalue weighted by atomic mass is 32.2. The standard InChI is InChI=1S/C11H12F3N3OS/c1-18-6-2-3-7-8(4-6)17-10(16-7)19-9(5-15)11(12,13)14/h2-4,9H,5,15H2,1H3,(H,16,17). The topological polar surface area (TPSA) is 63.9 Å². The van der Waals surface area contributed by atoms with E-state index in [-0.39, 0.29) is 5.16 Å². The summed E-state index contributed by atoms with van der Waals surface area (Å²) in [5.74, 6) is 0.610. The number of imidazole rings is 1. The first-order chi connectivity index (χ1) is 8.94. The van der Waals surface area contributed by atoms with Crippen LogP contribution < -0.4 is 10.5 Å². The number of nitrogens with zero attached hydrogens (tertiary/aromatic N) is 1. The number of methoxy groups -OCH3 is 1. The predicted octanol–water partition coefficient (Wildman–Crippen LogP) is 2.55. The number of fused-ring (bicyclic) bond motifs is 1. The third kappa shape index (κ3) is 3.13. The second-order valence-electron chi connectivity index (χ2n) is 3.81. The van der Waals surface area contributed by atoms with E-state index in [0.29, 0.717) is 28.5 Å². The summed E-state index contributed by atoms with van der Waals surface area (Å²) in [6, 6.07) is 5.05. The first-order valence-corrected chi connectivity index (χ1v) is 6.29. The van der Waals surface area contributed by atoms with Crippen LogP contribution in [0.4, 0.5) is 13.2 Å². The largest absolute Gasteiger partial charge is 0.497 e. The van der Waals surface area contributed by atoms with E-state index in [9.17, 15) is 13.2 Å². The van der Waals surface area contributed by atoms with Crippen LogP contribution in [0.25, 0.3) is 11.0 Å². The van der Waals surface area contributed by atoms with Gasteiger partial charge >= 0.3 is 6.18 Å². The number of hydrogen-bond donors (Lipinski definition) is 2. The van der Waals surface area contributed by atoms with Gasteiger partial charge in [0.1, 0.15) is 11.0 Å². The molecule has 0 bridgehead atoms. The van der Waals surface area contributed by atoms with Gasteiger partial charge < -0.3 is 15.5 Å². The molecule has 1 atom stereocenters. The van der Waals surface area contributed by atoms with Crippen molar-refractivity contribution in [3.63, 3.8) is 0 Å². The Balaban J connectivity index is 2.26. The molecule has 19 heavy (non-hydrogen) atoms. The maximum atomic E-state index is 12.6. The number of nitrogens with two attached hydrogens (primary N) is 1. The fraction of sp³-hybridized carbons (Fsp3) is 0.364. The summed E-state index contributed by atoms with van der Waals surface area (Å²) >= 11 is 0.577. The highest BCUT2D eigenvalue weighted by Crippen LogP contribution is 2.34. The average molecular weight is 291 g/mol. The molecule has 0 amide bonds. The first kappa shape index (κ1) is 14.0. The quantitative estimate of drug-likeness (QED) is 0.850. The zero-order chi connectivity index (χ0) is 14.0. The first-order valence-electron chi connectivity index (χ1n) is 5.41. The predicted molar refractivity (Wildman–Crippen MR) is 67.4 cm³/mol. The molecule has 0 radical (unpaired) electrons. The van der Waals surface area contributed by atoms with Crippen molar-refractivity contribution in [2.45, 2.75) is 16.6 Å². The zero-order valence-corrected chi connectivity index (χ0v) is 10.8. The van der Waals surface area contributed by atoms with Gasteiger partial charge in [0.15, 0.2) is 5.16 Å². The lowest BCUT2D eigenvalue weighted by Gasteiger charge is -2.15. The Kier molecular flexibility index (Phi) is 3.91. The van der Waals surface area contributed by atoms with Gasteiger partial charge in [-0.15, -0.1) is 0 Å². The molecule has 0 saturated carbocycles. The van der Waals surface area contributed by atoms with Crippen LogP contribution in [-0.4, -0.2) is 35.0 Å². The van der Waals surface area contributed by atoms with Crippen molar-refractivity contribution < 1.29 is 17.9 Å². The summed E-state index contributed by atoms with van der Waals surface area (Å²) in [7, 11) is 1.52. The molecule has 1 heterocycles. The fourth-order valence-corrected chi connectivity index (χ4v) is 2.35. The second kappa shape index (κ2) is 5.30. The summed E-state index contributed by atoms with van der Waals surface area (Å²) in [5.41, 5.74) is 6.35. The van der Waals surface area contributed by atoms with E-state index in [1.807, 2.05) is 0 Å². The van der Waals surface area contributed by atoms with Gasteiger partial charge in [0, 0.05) is 12.6 Å². The minimum absolute atomic E-state index is 0.191. The number of nitrogens with one attached hydrogen (secondary N) is 1. The molecule has 1 aromatic heterocycles. The Bertz CT molecular complexity index is 570. The van der Waals surface area contributed by atoms with Crippen LogP contribution in [0.3, 0.4) is 0 Å². The summed E-state index contributed by atoms with van der Waals surface area (Å²) in [6.45, 7) is -0.492. The third-order valence-corrected chi connectivity index (χ3v) is 3.66. The number of hydrogen-bond acceptors (Lipinski definition) is 4. The summed E-state index contributed by atoms with van der Waals surface area (Å²) in [6.07, 6.45) is -4.35. The number of alkyl halides is 3. The summed E-state index contributed by atoms with van der Waals surface area (Å²) < 4.78 is 42.9. The van der Waals surface area contributed by atoms with Crippen molar-refractivity contribution in [2.75, 3.05) is 13.7 Å². The van der Waals surface area contributed by atoms with Crippen LogP contribution >= 0.6 is 11.8 Å². The lowest BCUT2D eigenvalue weighted by Crippen LogP contribution is -2.33. The lowest BCUT2D eigenvalue weighted by atomic mass is 10.3. The molecule has 1 aromatic carbocycles. The van der Waals surface area contributed by atoms with E-state index in [1.165, 1.54) is 7.11 Å². The van der Waals surface area contributed by atoms with Gasteiger partial charge in [0.2, 0.25) is 0 Å². The second-order valence-corrected chi connectivity index (χ2v) is 5.00. The molecule has 0 aliphatic heterocycles. The highest BCUT2D eigenvalue weighted by Gasteiger charge is 2.40. The molecule has 1 unspecified atom stereocenters. The number of ether oxygens (including phenoxy) is 1. The SMILES string of the molecule is COc1ccc2nc(SC(CN)C(F)(F)F)[nH]c2c1. The van der Waals surface area contributed by atoms with Gasteiger partial charge in [0.05, 0.1) is 18.1 Å². The Morgan fingerprint density at radius 2 is 2.21 bits per heavy atom. The number of halogens is 3. The van der Waals surface area contributed by atoms with Gasteiger partial charge in [-0.1, -0.05) is 11.8 Å². The smallest absolute Gasteiger partial charge is 0.402 e. The molecule has 4 nitrogen and oxygen atoms in total. The van der Waals surface area contributed by atoms with Crippen LogP contribution in [0.5, 0.6) is 5.75 Å². The van der Waals surface area contributed by atoms with Crippen LogP contribution in [0.15, 0.2) is 23.4 Å².